The number of rotatable bonds is 7. The van der Waals surface area contributed by atoms with Crippen LogP contribution in [0.2, 0.25) is 0 Å². The van der Waals surface area contributed by atoms with Crippen LogP contribution in [0.1, 0.15) is 5.56 Å². The van der Waals surface area contributed by atoms with Crippen LogP contribution in [-0.2, 0) is 11.3 Å². The van der Waals surface area contributed by atoms with Crippen molar-refractivity contribution in [2.75, 3.05) is 19.3 Å². The number of hydrogen-bond donors (Lipinski definition) is 2. The number of hydrogen-bond acceptors (Lipinski definition) is 3. The fraction of sp³-hybridized carbons (Fsp3) is 0.308. The summed E-state index contributed by atoms with van der Waals surface area (Å²) >= 11 is 1.54. The molecule has 0 heterocycles. The lowest BCUT2D eigenvalue weighted by Crippen LogP contribution is -2.24. The number of carbonyl (C=O) groups is 1. The Morgan fingerprint density at radius 2 is 2.12 bits per heavy atom. The number of amides is 1. The highest BCUT2D eigenvalue weighted by molar-refractivity contribution is 8.00. The van der Waals surface area contributed by atoms with Gasteiger partial charge in [0.15, 0.2) is 0 Å². The molecular weight excluding hydrogens is 232 g/mol. The summed E-state index contributed by atoms with van der Waals surface area (Å²) in [6.45, 7) is 4.94. The van der Waals surface area contributed by atoms with Gasteiger partial charge in [-0.15, -0.1) is 18.3 Å². The molecule has 1 aromatic carbocycles. The standard InChI is InChI=1S/C13H18N2OS/c1-3-8-15-13(16)10-17-12-6-4-11(5-7-12)9-14-2/h3-7,14H,1,8-10H2,2H3,(H,15,16). The largest absolute Gasteiger partial charge is 0.352 e. The first-order valence-electron chi connectivity index (χ1n) is 5.50. The van der Waals surface area contributed by atoms with Gasteiger partial charge >= 0.3 is 0 Å². The van der Waals surface area contributed by atoms with E-state index in [1.807, 2.05) is 19.2 Å². The predicted molar refractivity (Wildman–Crippen MR) is 73.1 cm³/mol. The molecule has 3 nitrogen and oxygen atoms in total. The van der Waals surface area contributed by atoms with E-state index >= 15 is 0 Å². The molecule has 0 atom stereocenters. The average Bonchev–Trinajstić information content (AvgIpc) is 2.36. The summed E-state index contributed by atoms with van der Waals surface area (Å²) in [5, 5.41) is 5.84. The second-order valence-corrected chi connectivity index (χ2v) is 4.60. The van der Waals surface area contributed by atoms with Gasteiger partial charge in [0, 0.05) is 18.0 Å². The van der Waals surface area contributed by atoms with E-state index in [0.29, 0.717) is 12.3 Å². The summed E-state index contributed by atoms with van der Waals surface area (Å²) in [7, 11) is 1.92. The highest BCUT2D eigenvalue weighted by Gasteiger charge is 2.01. The quantitative estimate of drug-likeness (QED) is 0.573. The molecule has 0 aromatic heterocycles. The van der Waals surface area contributed by atoms with E-state index in [-0.39, 0.29) is 5.91 Å². The van der Waals surface area contributed by atoms with E-state index in [0.717, 1.165) is 11.4 Å². The van der Waals surface area contributed by atoms with Crippen LogP contribution >= 0.6 is 11.8 Å². The Morgan fingerprint density at radius 1 is 1.41 bits per heavy atom. The summed E-state index contributed by atoms with van der Waals surface area (Å²) in [5.74, 6) is 0.480. The van der Waals surface area contributed by atoms with Crippen LogP contribution in [0.15, 0.2) is 41.8 Å². The Hall–Kier alpha value is -1.26. The minimum absolute atomic E-state index is 0.0363. The van der Waals surface area contributed by atoms with Gasteiger partial charge in [0.05, 0.1) is 5.75 Å². The molecule has 0 unspecified atom stereocenters. The third-order valence-corrected chi connectivity index (χ3v) is 3.13. The molecule has 0 aliphatic carbocycles. The van der Waals surface area contributed by atoms with Crippen molar-refractivity contribution in [3.8, 4) is 0 Å². The third kappa shape index (κ3) is 5.56. The molecule has 0 radical (unpaired) electrons. The maximum absolute atomic E-state index is 11.4. The molecule has 0 fully saturated rings. The molecule has 0 bridgehead atoms. The number of carbonyl (C=O) groups excluding carboxylic acids is 1. The normalized spacial score (nSPS) is 9.94. The van der Waals surface area contributed by atoms with Crippen molar-refractivity contribution in [1.29, 1.82) is 0 Å². The van der Waals surface area contributed by atoms with Crippen molar-refractivity contribution in [1.82, 2.24) is 10.6 Å². The van der Waals surface area contributed by atoms with Gasteiger partial charge in [0.25, 0.3) is 0 Å². The minimum atomic E-state index is 0.0363. The van der Waals surface area contributed by atoms with E-state index in [1.165, 1.54) is 17.3 Å². The van der Waals surface area contributed by atoms with Crippen molar-refractivity contribution in [3.63, 3.8) is 0 Å². The van der Waals surface area contributed by atoms with Gasteiger partial charge in [0.2, 0.25) is 5.91 Å². The van der Waals surface area contributed by atoms with Crippen LogP contribution in [0, 0.1) is 0 Å². The molecule has 0 saturated carbocycles. The van der Waals surface area contributed by atoms with Crippen LogP contribution < -0.4 is 10.6 Å². The van der Waals surface area contributed by atoms with Crippen LogP contribution in [0.5, 0.6) is 0 Å². The summed E-state index contributed by atoms with van der Waals surface area (Å²) in [5.41, 5.74) is 1.24. The monoisotopic (exact) mass is 250 g/mol. The third-order valence-electron chi connectivity index (χ3n) is 2.12. The Bertz CT molecular complexity index is 362. The minimum Gasteiger partial charge on any atom is -0.352 e. The molecular formula is C13H18N2OS. The molecule has 0 aliphatic rings. The second kappa shape index (κ2) is 7.92. The molecule has 0 spiro atoms. The highest BCUT2D eigenvalue weighted by Crippen LogP contribution is 2.17. The molecule has 0 saturated heterocycles. The lowest BCUT2D eigenvalue weighted by Gasteiger charge is -2.04. The van der Waals surface area contributed by atoms with Gasteiger partial charge in [-0.2, -0.15) is 0 Å². The molecule has 1 rings (SSSR count). The van der Waals surface area contributed by atoms with Crippen molar-refractivity contribution in [2.45, 2.75) is 11.4 Å². The van der Waals surface area contributed by atoms with Crippen LogP contribution in [0.25, 0.3) is 0 Å². The van der Waals surface area contributed by atoms with Gasteiger partial charge < -0.3 is 10.6 Å². The van der Waals surface area contributed by atoms with Crippen LogP contribution in [0.4, 0.5) is 0 Å². The summed E-state index contributed by atoms with van der Waals surface area (Å²) in [6, 6.07) is 8.22. The molecule has 2 N–H and O–H groups in total. The Labute approximate surface area is 107 Å². The van der Waals surface area contributed by atoms with Crippen LogP contribution in [0.3, 0.4) is 0 Å². The lowest BCUT2D eigenvalue weighted by molar-refractivity contribution is -0.118. The highest BCUT2D eigenvalue weighted by atomic mass is 32.2. The summed E-state index contributed by atoms with van der Waals surface area (Å²) < 4.78 is 0. The molecule has 4 heteroatoms. The summed E-state index contributed by atoms with van der Waals surface area (Å²) in [4.78, 5) is 12.5. The van der Waals surface area contributed by atoms with Crippen LogP contribution in [-0.4, -0.2) is 25.3 Å². The summed E-state index contributed by atoms with van der Waals surface area (Å²) in [6.07, 6.45) is 1.68. The molecule has 17 heavy (non-hydrogen) atoms. The molecule has 0 aliphatic heterocycles. The Morgan fingerprint density at radius 3 is 2.71 bits per heavy atom. The number of benzene rings is 1. The van der Waals surface area contributed by atoms with Gasteiger partial charge in [-0.3, -0.25) is 4.79 Å². The van der Waals surface area contributed by atoms with Crippen molar-refractivity contribution < 1.29 is 4.79 Å². The Balaban J connectivity index is 2.36. The van der Waals surface area contributed by atoms with Crippen molar-refractivity contribution >= 4 is 17.7 Å². The second-order valence-electron chi connectivity index (χ2n) is 3.56. The van der Waals surface area contributed by atoms with Gasteiger partial charge in [-0.1, -0.05) is 18.2 Å². The van der Waals surface area contributed by atoms with E-state index in [1.54, 1.807) is 6.08 Å². The van der Waals surface area contributed by atoms with Gasteiger partial charge in [-0.05, 0) is 24.7 Å². The van der Waals surface area contributed by atoms with E-state index < -0.39 is 0 Å². The average molecular weight is 250 g/mol. The zero-order valence-electron chi connectivity index (χ0n) is 10.0. The SMILES string of the molecule is C=CCNC(=O)CSc1ccc(CNC)cc1. The Kier molecular flexibility index (Phi) is 6.43. The van der Waals surface area contributed by atoms with E-state index in [4.69, 9.17) is 0 Å². The number of thioether (sulfide) groups is 1. The lowest BCUT2D eigenvalue weighted by atomic mass is 10.2. The first-order valence-corrected chi connectivity index (χ1v) is 6.48. The fourth-order valence-corrected chi connectivity index (χ4v) is 2.02. The number of nitrogens with one attached hydrogen (secondary N) is 2. The zero-order chi connectivity index (χ0) is 12.5. The first kappa shape index (κ1) is 13.8. The van der Waals surface area contributed by atoms with Gasteiger partial charge in [-0.25, -0.2) is 0 Å². The van der Waals surface area contributed by atoms with E-state index in [2.05, 4.69) is 29.3 Å². The molecule has 1 aromatic rings. The maximum atomic E-state index is 11.4. The van der Waals surface area contributed by atoms with Gasteiger partial charge in [0.1, 0.15) is 0 Å². The van der Waals surface area contributed by atoms with Crippen molar-refractivity contribution in [3.05, 3.63) is 42.5 Å². The smallest absolute Gasteiger partial charge is 0.230 e. The van der Waals surface area contributed by atoms with E-state index in [9.17, 15) is 4.79 Å². The predicted octanol–water partition coefficient (Wildman–Crippen LogP) is 1.80. The maximum Gasteiger partial charge on any atom is 0.230 e. The zero-order valence-corrected chi connectivity index (χ0v) is 10.8. The fourth-order valence-electron chi connectivity index (χ4n) is 1.29. The molecule has 92 valence electrons. The topological polar surface area (TPSA) is 41.1 Å². The van der Waals surface area contributed by atoms with Crippen molar-refractivity contribution in [2.24, 2.45) is 0 Å². The molecule has 1 amide bonds. The first-order chi connectivity index (χ1) is 8.26.